The number of amidine groups is 1. The van der Waals surface area contributed by atoms with E-state index in [1.54, 1.807) is 0 Å². The molecular formula is C8H17N3O. The first-order chi connectivity index (χ1) is 5.54. The predicted molar refractivity (Wildman–Crippen MR) is 50.0 cm³/mol. The quantitative estimate of drug-likeness (QED) is 0.359. The summed E-state index contributed by atoms with van der Waals surface area (Å²) in [6.45, 7) is 6.57. The second-order valence-corrected chi connectivity index (χ2v) is 2.94. The Hall–Kier alpha value is -1.06. The highest BCUT2D eigenvalue weighted by Crippen LogP contribution is 1.90. The van der Waals surface area contributed by atoms with E-state index in [1.807, 2.05) is 13.8 Å². The number of nitrogens with one attached hydrogen (secondary N) is 1. The number of carbonyl (C=O) groups is 1. The average molecular weight is 171 g/mol. The van der Waals surface area contributed by atoms with Gasteiger partial charge in [0.25, 0.3) is 0 Å². The van der Waals surface area contributed by atoms with Crippen molar-refractivity contribution >= 4 is 11.7 Å². The summed E-state index contributed by atoms with van der Waals surface area (Å²) in [6.07, 6.45) is 0. The first-order valence-corrected chi connectivity index (χ1v) is 4.08. The van der Waals surface area contributed by atoms with Crippen LogP contribution in [0.2, 0.25) is 0 Å². The fourth-order valence-electron chi connectivity index (χ4n) is 0.600. The Balaban J connectivity index is 3.53. The lowest BCUT2D eigenvalue weighted by molar-refractivity contribution is -0.118. The van der Waals surface area contributed by atoms with Gasteiger partial charge in [-0.1, -0.05) is 13.8 Å². The standard InChI is InChI=1S/C8H17N3O/c1-6(2)8(9)11-5-4-10-7(3)12/h6H,4-5H2,1-3H3,(H2,9,11)(H,10,12). The molecule has 0 radical (unpaired) electrons. The number of amides is 1. The number of aliphatic imine (C=N–C) groups is 1. The Morgan fingerprint density at radius 1 is 1.58 bits per heavy atom. The maximum Gasteiger partial charge on any atom is 0.216 e. The van der Waals surface area contributed by atoms with Crippen LogP contribution in [-0.2, 0) is 4.79 Å². The van der Waals surface area contributed by atoms with E-state index < -0.39 is 0 Å². The number of nitrogens with two attached hydrogens (primary N) is 1. The first-order valence-electron chi connectivity index (χ1n) is 4.08. The van der Waals surface area contributed by atoms with Gasteiger partial charge in [0, 0.05) is 19.4 Å². The predicted octanol–water partition coefficient (Wildman–Crippen LogP) is 0.136. The van der Waals surface area contributed by atoms with Crippen molar-refractivity contribution < 1.29 is 4.79 Å². The van der Waals surface area contributed by atoms with E-state index in [4.69, 9.17) is 5.73 Å². The molecular weight excluding hydrogens is 154 g/mol. The summed E-state index contributed by atoms with van der Waals surface area (Å²) >= 11 is 0. The van der Waals surface area contributed by atoms with E-state index in [2.05, 4.69) is 10.3 Å². The van der Waals surface area contributed by atoms with Crippen LogP contribution in [0.5, 0.6) is 0 Å². The number of rotatable bonds is 4. The molecule has 4 nitrogen and oxygen atoms in total. The van der Waals surface area contributed by atoms with Crippen LogP contribution in [0.15, 0.2) is 4.99 Å². The van der Waals surface area contributed by atoms with Crippen LogP contribution in [-0.4, -0.2) is 24.8 Å². The van der Waals surface area contributed by atoms with Gasteiger partial charge in [0.15, 0.2) is 0 Å². The van der Waals surface area contributed by atoms with E-state index in [0.29, 0.717) is 18.9 Å². The second kappa shape index (κ2) is 5.57. The summed E-state index contributed by atoms with van der Waals surface area (Å²) in [6, 6.07) is 0. The fourth-order valence-corrected chi connectivity index (χ4v) is 0.600. The summed E-state index contributed by atoms with van der Waals surface area (Å²) in [5.41, 5.74) is 5.57. The lowest BCUT2D eigenvalue weighted by atomic mass is 10.2. The Bertz CT molecular complexity index is 175. The molecule has 0 aliphatic heterocycles. The maximum atomic E-state index is 10.4. The number of nitrogens with zero attached hydrogens (tertiary/aromatic N) is 1. The van der Waals surface area contributed by atoms with Gasteiger partial charge >= 0.3 is 0 Å². The Kier molecular flexibility index (Phi) is 5.08. The highest BCUT2D eigenvalue weighted by atomic mass is 16.1. The Labute approximate surface area is 73.2 Å². The molecule has 0 unspecified atom stereocenters. The number of carbonyl (C=O) groups excluding carboxylic acids is 1. The average Bonchev–Trinajstić information content (AvgIpc) is 1.97. The third-order valence-electron chi connectivity index (χ3n) is 1.37. The molecule has 4 heteroatoms. The third kappa shape index (κ3) is 5.70. The molecule has 0 saturated heterocycles. The van der Waals surface area contributed by atoms with Gasteiger partial charge in [-0.05, 0) is 0 Å². The zero-order valence-corrected chi connectivity index (χ0v) is 7.92. The normalized spacial score (nSPS) is 11.8. The minimum atomic E-state index is -0.0340. The molecule has 0 aromatic carbocycles. The molecule has 0 rings (SSSR count). The molecule has 0 aliphatic rings. The molecule has 1 amide bonds. The van der Waals surface area contributed by atoms with Gasteiger partial charge < -0.3 is 11.1 Å². The van der Waals surface area contributed by atoms with Crippen molar-refractivity contribution in [2.24, 2.45) is 16.6 Å². The van der Waals surface area contributed by atoms with E-state index in [9.17, 15) is 4.79 Å². The molecule has 12 heavy (non-hydrogen) atoms. The van der Waals surface area contributed by atoms with Crippen molar-refractivity contribution in [2.45, 2.75) is 20.8 Å². The van der Waals surface area contributed by atoms with E-state index in [0.717, 1.165) is 0 Å². The van der Waals surface area contributed by atoms with Gasteiger partial charge in [-0.15, -0.1) is 0 Å². The number of hydrogen-bond donors (Lipinski definition) is 2. The van der Waals surface area contributed by atoms with E-state index in [1.165, 1.54) is 6.92 Å². The lowest BCUT2D eigenvalue weighted by Gasteiger charge is -2.03. The monoisotopic (exact) mass is 171 g/mol. The van der Waals surface area contributed by atoms with E-state index >= 15 is 0 Å². The molecule has 0 atom stereocenters. The zero-order valence-electron chi connectivity index (χ0n) is 7.92. The summed E-state index contributed by atoms with van der Waals surface area (Å²) in [5.74, 6) is 0.885. The molecule has 0 fully saturated rings. The molecule has 3 N–H and O–H groups in total. The Morgan fingerprint density at radius 2 is 2.17 bits per heavy atom. The van der Waals surface area contributed by atoms with E-state index in [-0.39, 0.29) is 11.8 Å². The van der Waals surface area contributed by atoms with Crippen molar-refractivity contribution in [3.63, 3.8) is 0 Å². The second-order valence-electron chi connectivity index (χ2n) is 2.94. The van der Waals surface area contributed by atoms with Crippen LogP contribution in [0.1, 0.15) is 20.8 Å². The minimum absolute atomic E-state index is 0.0340. The lowest BCUT2D eigenvalue weighted by Crippen LogP contribution is -2.25. The van der Waals surface area contributed by atoms with Gasteiger partial charge in [0.2, 0.25) is 5.91 Å². The van der Waals surface area contributed by atoms with Crippen LogP contribution >= 0.6 is 0 Å². The van der Waals surface area contributed by atoms with Gasteiger partial charge in [0.1, 0.15) is 0 Å². The highest BCUT2D eigenvalue weighted by molar-refractivity contribution is 5.82. The highest BCUT2D eigenvalue weighted by Gasteiger charge is 1.97. The van der Waals surface area contributed by atoms with Crippen molar-refractivity contribution in [3.8, 4) is 0 Å². The maximum absolute atomic E-state index is 10.4. The van der Waals surface area contributed by atoms with Crippen LogP contribution < -0.4 is 11.1 Å². The molecule has 70 valence electrons. The number of hydrogen-bond acceptors (Lipinski definition) is 2. The largest absolute Gasteiger partial charge is 0.387 e. The van der Waals surface area contributed by atoms with Gasteiger partial charge in [-0.3, -0.25) is 9.79 Å². The van der Waals surface area contributed by atoms with Crippen molar-refractivity contribution in [1.82, 2.24) is 5.32 Å². The van der Waals surface area contributed by atoms with Crippen LogP contribution in [0, 0.1) is 5.92 Å². The van der Waals surface area contributed by atoms with Gasteiger partial charge in [-0.2, -0.15) is 0 Å². The molecule has 0 bridgehead atoms. The Morgan fingerprint density at radius 3 is 2.58 bits per heavy atom. The summed E-state index contributed by atoms with van der Waals surface area (Å²) in [5, 5.41) is 2.64. The summed E-state index contributed by atoms with van der Waals surface area (Å²) in [4.78, 5) is 14.5. The van der Waals surface area contributed by atoms with Gasteiger partial charge in [-0.25, -0.2) is 0 Å². The molecule has 0 aliphatic carbocycles. The van der Waals surface area contributed by atoms with Crippen molar-refractivity contribution in [3.05, 3.63) is 0 Å². The van der Waals surface area contributed by atoms with Crippen molar-refractivity contribution in [2.75, 3.05) is 13.1 Å². The summed E-state index contributed by atoms with van der Waals surface area (Å²) in [7, 11) is 0. The third-order valence-corrected chi connectivity index (χ3v) is 1.37. The fraction of sp³-hybridized carbons (Fsp3) is 0.750. The van der Waals surface area contributed by atoms with Crippen LogP contribution in [0.3, 0.4) is 0 Å². The van der Waals surface area contributed by atoms with Crippen LogP contribution in [0.4, 0.5) is 0 Å². The molecule has 0 heterocycles. The SMILES string of the molecule is CC(=O)NCCN=C(N)C(C)C. The smallest absolute Gasteiger partial charge is 0.216 e. The molecule has 0 saturated carbocycles. The van der Waals surface area contributed by atoms with Gasteiger partial charge in [0.05, 0.1) is 12.4 Å². The minimum Gasteiger partial charge on any atom is -0.387 e. The molecule has 0 spiro atoms. The zero-order chi connectivity index (χ0) is 9.56. The summed E-state index contributed by atoms with van der Waals surface area (Å²) < 4.78 is 0. The first kappa shape index (κ1) is 10.9. The molecule has 0 aromatic rings. The molecule has 0 aromatic heterocycles. The van der Waals surface area contributed by atoms with Crippen molar-refractivity contribution in [1.29, 1.82) is 0 Å². The topological polar surface area (TPSA) is 67.5 Å². The van der Waals surface area contributed by atoms with Crippen LogP contribution in [0.25, 0.3) is 0 Å².